The van der Waals surface area contributed by atoms with Gasteiger partial charge in [-0.15, -0.1) is 0 Å². The summed E-state index contributed by atoms with van der Waals surface area (Å²) in [6, 6.07) is 0. The summed E-state index contributed by atoms with van der Waals surface area (Å²) >= 11 is 0. The van der Waals surface area contributed by atoms with E-state index >= 15 is 0 Å². The maximum Gasteiger partial charge on any atom is 0.327 e. The average Bonchev–Trinajstić information content (AvgIpc) is 3.07. The van der Waals surface area contributed by atoms with Crippen molar-refractivity contribution in [1.29, 1.82) is 0 Å². The van der Waals surface area contributed by atoms with Gasteiger partial charge in [0.15, 0.2) is 11.2 Å². The standard InChI is InChI=1S/C12H18N5O5P/c1-6-3-7(4-21-23(18)19)22-11(6)17-5-14-8-9(17)15-12(13)16-10(8)20-2/h5-7,11,18-19H,3-4H2,1-2H3,(H2,13,15,16). The number of nitrogens with zero attached hydrogens (tertiary/aromatic N) is 4. The zero-order valence-electron chi connectivity index (χ0n) is 12.7. The molecule has 0 aliphatic carbocycles. The Balaban J connectivity index is 1.87. The fraction of sp³-hybridized carbons (Fsp3) is 0.583. The Morgan fingerprint density at radius 1 is 1.48 bits per heavy atom. The van der Waals surface area contributed by atoms with E-state index in [1.54, 1.807) is 10.9 Å². The zero-order chi connectivity index (χ0) is 16.6. The monoisotopic (exact) mass is 343 g/mol. The molecule has 10 nitrogen and oxygen atoms in total. The van der Waals surface area contributed by atoms with Crippen molar-refractivity contribution in [3.05, 3.63) is 6.33 Å². The predicted octanol–water partition coefficient (Wildman–Crippen LogP) is 0.569. The van der Waals surface area contributed by atoms with Gasteiger partial charge >= 0.3 is 8.60 Å². The summed E-state index contributed by atoms with van der Waals surface area (Å²) in [6.45, 7) is 2.14. The summed E-state index contributed by atoms with van der Waals surface area (Å²) in [6.07, 6.45) is 1.77. The Hall–Kier alpha value is -1.58. The molecule has 3 heterocycles. The normalized spacial score (nSPS) is 24.7. The third-order valence-electron chi connectivity index (χ3n) is 3.70. The van der Waals surface area contributed by atoms with Crippen molar-refractivity contribution in [2.45, 2.75) is 25.7 Å². The van der Waals surface area contributed by atoms with E-state index in [2.05, 4.69) is 15.0 Å². The number of methoxy groups -OCH3 is 1. The third kappa shape index (κ3) is 3.22. The van der Waals surface area contributed by atoms with Gasteiger partial charge in [0.05, 0.1) is 26.1 Å². The van der Waals surface area contributed by atoms with Crippen LogP contribution in [-0.4, -0.2) is 49.1 Å². The maximum atomic E-state index is 8.84. The van der Waals surface area contributed by atoms with Crippen LogP contribution in [-0.2, 0) is 9.26 Å². The van der Waals surface area contributed by atoms with E-state index in [0.717, 1.165) is 0 Å². The minimum atomic E-state index is -2.38. The van der Waals surface area contributed by atoms with Crippen molar-refractivity contribution in [1.82, 2.24) is 19.5 Å². The molecule has 0 saturated carbocycles. The molecule has 0 spiro atoms. The SMILES string of the molecule is COc1nc(N)nc2c1ncn2C1OC(COP(O)O)CC1C. The van der Waals surface area contributed by atoms with Gasteiger partial charge in [0.2, 0.25) is 11.8 Å². The summed E-state index contributed by atoms with van der Waals surface area (Å²) in [7, 11) is -0.892. The minimum absolute atomic E-state index is 0.0906. The Kier molecular flexibility index (Phi) is 4.60. The van der Waals surface area contributed by atoms with Gasteiger partial charge in [0.25, 0.3) is 0 Å². The van der Waals surface area contributed by atoms with E-state index in [1.165, 1.54) is 7.11 Å². The molecule has 0 radical (unpaired) electrons. The fourth-order valence-electron chi connectivity index (χ4n) is 2.75. The summed E-state index contributed by atoms with van der Waals surface area (Å²) in [5.41, 5.74) is 6.75. The highest BCUT2D eigenvalue weighted by Gasteiger charge is 2.35. The first-order chi connectivity index (χ1) is 11.0. The lowest BCUT2D eigenvalue weighted by molar-refractivity contribution is -0.0266. The number of hydrogen-bond acceptors (Lipinski definition) is 9. The predicted molar refractivity (Wildman–Crippen MR) is 81.3 cm³/mol. The molecular weight excluding hydrogens is 325 g/mol. The highest BCUT2D eigenvalue weighted by molar-refractivity contribution is 7.39. The second-order valence-corrected chi connectivity index (χ2v) is 6.09. The molecule has 1 fully saturated rings. The maximum absolute atomic E-state index is 8.84. The highest BCUT2D eigenvalue weighted by Crippen LogP contribution is 2.38. The summed E-state index contributed by atoms with van der Waals surface area (Å²) in [4.78, 5) is 30.2. The molecule has 2 aromatic heterocycles. The third-order valence-corrected chi connectivity index (χ3v) is 4.08. The molecule has 1 aliphatic rings. The Morgan fingerprint density at radius 2 is 2.26 bits per heavy atom. The van der Waals surface area contributed by atoms with Gasteiger partial charge in [-0.2, -0.15) is 9.97 Å². The van der Waals surface area contributed by atoms with Gasteiger partial charge in [-0.25, -0.2) is 4.98 Å². The molecule has 0 amide bonds. The molecule has 3 unspecified atom stereocenters. The van der Waals surface area contributed by atoms with Crippen LogP contribution in [0.1, 0.15) is 19.6 Å². The van der Waals surface area contributed by atoms with Crippen molar-refractivity contribution in [3.8, 4) is 5.88 Å². The first-order valence-corrected chi connectivity index (χ1v) is 8.16. The number of fused-ring (bicyclic) bond motifs is 1. The number of hydrogen-bond donors (Lipinski definition) is 3. The van der Waals surface area contributed by atoms with Gasteiger partial charge in [-0.3, -0.25) is 4.57 Å². The van der Waals surface area contributed by atoms with Gasteiger partial charge in [-0.1, -0.05) is 6.92 Å². The molecule has 0 bridgehead atoms. The highest BCUT2D eigenvalue weighted by atomic mass is 31.2. The van der Waals surface area contributed by atoms with E-state index in [4.69, 9.17) is 29.5 Å². The van der Waals surface area contributed by atoms with Gasteiger partial charge < -0.3 is 29.5 Å². The average molecular weight is 343 g/mol. The number of anilines is 1. The number of ether oxygens (including phenoxy) is 2. The number of nitrogen functional groups attached to an aromatic ring is 1. The molecule has 126 valence electrons. The Bertz CT molecular complexity index is 696. The van der Waals surface area contributed by atoms with Crippen LogP contribution in [0.5, 0.6) is 5.88 Å². The quantitative estimate of drug-likeness (QED) is 0.665. The topological polar surface area (TPSA) is 138 Å². The lowest BCUT2D eigenvalue weighted by Gasteiger charge is -2.17. The number of imidazole rings is 1. The van der Waals surface area contributed by atoms with Crippen LogP contribution >= 0.6 is 8.60 Å². The molecule has 2 aromatic rings. The zero-order valence-corrected chi connectivity index (χ0v) is 13.6. The van der Waals surface area contributed by atoms with Crippen molar-refractivity contribution in [2.75, 3.05) is 19.5 Å². The minimum Gasteiger partial charge on any atom is -0.479 e. The second-order valence-electron chi connectivity index (χ2n) is 5.33. The largest absolute Gasteiger partial charge is 0.479 e. The van der Waals surface area contributed by atoms with E-state index < -0.39 is 8.60 Å². The molecule has 11 heteroatoms. The van der Waals surface area contributed by atoms with E-state index in [9.17, 15) is 0 Å². The van der Waals surface area contributed by atoms with Gasteiger partial charge in [-0.05, 0) is 6.42 Å². The Morgan fingerprint density at radius 3 is 2.96 bits per heavy atom. The molecule has 0 aromatic carbocycles. The second kappa shape index (κ2) is 6.50. The van der Waals surface area contributed by atoms with Crippen molar-refractivity contribution in [3.63, 3.8) is 0 Å². The van der Waals surface area contributed by atoms with Crippen molar-refractivity contribution < 1.29 is 23.8 Å². The van der Waals surface area contributed by atoms with Gasteiger partial charge in [0, 0.05) is 5.92 Å². The van der Waals surface area contributed by atoms with E-state index in [-0.39, 0.29) is 30.8 Å². The van der Waals surface area contributed by atoms with Crippen LogP contribution in [0.15, 0.2) is 6.33 Å². The van der Waals surface area contributed by atoms with Crippen LogP contribution in [0.2, 0.25) is 0 Å². The van der Waals surface area contributed by atoms with Gasteiger partial charge in [0.1, 0.15) is 6.23 Å². The molecule has 4 N–H and O–H groups in total. The molecule has 3 atom stereocenters. The van der Waals surface area contributed by atoms with Crippen LogP contribution in [0, 0.1) is 5.92 Å². The van der Waals surface area contributed by atoms with Crippen LogP contribution < -0.4 is 10.5 Å². The smallest absolute Gasteiger partial charge is 0.327 e. The van der Waals surface area contributed by atoms with Crippen LogP contribution in [0.25, 0.3) is 11.2 Å². The first kappa shape index (κ1) is 16.3. The fourth-order valence-corrected chi connectivity index (χ4v) is 3.05. The summed E-state index contributed by atoms with van der Waals surface area (Å²) < 4.78 is 17.7. The van der Waals surface area contributed by atoms with Crippen LogP contribution in [0.4, 0.5) is 5.95 Å². The number of rotatable bonds is 5. The first-order valence-electron chi connectivity index (χ1n) is 7.00. The molecule has 3 rings (SSSR count). The Labute approximate surface area is 133 Å². The summed E-state index contributed by atoms with van der Waals surface area (Å²) in [5.74, 6) is 0.558. The lowest BCUT2D eigenvalue weighted by atomic mass is 10.1. The molecule has 1 saturated heterocycles. The van der Waals surface area contributed by atoms with Crippen molar-refractivity contribution >= 4 is 25.7 Å². The summed E-state index contributed by atoms with van der Waals surface area (Å²) in [5, 5.41) is 0. The molecular formula is C12H18N5O5P. The van der Waals surface area contributed by atoms with E-state index in [0.29, 0.717) is 23.5 Å². The molecule has 23 heavy (non-hydrogen) atoms. The number of aromatic nitrogens is 4. The number of nitrogens with two attached hydrogens (primary N) is 1. The van der Waals surface area contributed by atoms with E-state index in [1.807, 2.05) is 6.92 Å². The van der Waals surface area contributed by atoms with Crippen LogP contribution in [0.3, 0.4) is 0 Å². The van der Waals surface area contributed by atoms with Crippen molar-refractivity contribution in [2.24, 2.45) is 5.92 Å². The lowest BCUT2D eigenvalue weighted by Crippen LogP contribution is -2.16. The molecule has 1 aliphatic heterocycles.